The molecule has 0 radical (unpaired) electrons. The highest BCUT2D eigenvalue weighted by molar-refractivity contribution is 6.30. The minimum Gasteiger partial charge on any atom is -0.469 e. The zero-order valence-corrected chi connectivity index (χ0v) is 10.3. The van der Waals surface area contributed by atoms with Crippen molar-refractivity contribution in [2.24, 2.45) is 0 Å². The fourth-order valence-corrected chi connectivity index (χ4v) is 1.43. The third kappa shape index (κ3) is 4.64. The SMILES string of the molecule is COC(=O)C[C@H](C)NCc1ccc(Cl)cc1. The second-order valence-electron chi connectivity index (χ2n) is 3.69. The Morgan fingerprint density at radius 3 is 2.62 bits per heavy atom. The molecule has 0 saturated heterocycles. The number of carbonyl (C=O) groups is 1. The van der Waals surface area contributed by atoms with Crippen LogP contribution in [0.15, 0.2) is 24.3 Å². The van der Waals surface area contributed by atoms with E-state index in [0.29, 0.717) is 6.42 Å². The third-order valence-corrected chi connectivity index (χ3v) is 2.52. The highest BCUT2D eigenvalue weighted by Crippen LogP contribution is 2.09. The molecule has 1 aromatic rings. The van der Waals surface area contributed by atoms with Crippen LogP contribution in [0.4, 0.5) is 0 Å². The molecule has 0 aliphatic carbocycles. The Balaban J connectivity index is 2.34. The molecule has 88 valence electrons. The van der Waals surface area contributed by atoms with Gasteiger partial charge in [0.05, 0.1) is 13.5 Å². The maximum absolute atomic E-state index is 11.0. The summed E-state index contributed by atoms with van der Waals surface area (Å²) in [6.45, 7) is 2.67. The number of rotatable bonds is 5. The minimum absolute atomic E-state index is 0.100. The van der Waals surface area contributed by atoms with Crippen molar-refractivity contribution in [2.75, 3.05) is 7.11 Å². The summed E-state index contributed by atoms with van der Waals surface area (Å²) in [6, 6.07) is 7.72. The van der Waals surface area contributed by atoms with Gasteiger partial charge in [-0.3, -0.25) is 4.79 Å². The number of halogens is 1. The molecule has 0 amide bonds. The van der Waals surface area contributed by atoms with E-state index in [2.05, 4.69) is 10.1 Å². The summed E-state index contributed by atoms with van der Waals surface area (Å²) < 4.78 is 4.59. The molecule has 1 N–H and O–H groups in total. The van der Waals surface area contributed by atoms with E-state index in [1.807, 2.05) is 31.2 Å². The van der Waals surface area contributed by atoms with Crippen molar-refractivity contribution in [3.63, 3.8) is 0 Å². The summed E-state index contributed by atoms with van der Waals surface area (Å²) in [5.74, 6) is -0.198. The first-order chi connectivity index (χ1) is 7.61. The van der Waals surface area contributed by atoms with Crippen LogP contribution in [-0.4, -0.2) is 19.1 Å². The molecular weight excluding hydrogens is 226 g/mol. The first kappa shape index (κ1) is 13.0. The van der Waals surface area contributed by atoms with Gasteiger partial charge in [-0.15, -0.1) is 0 Å². The summed E-state index contributed by atoms with van der Waals surface area (Å²) in [7, 11) is 1.40. The van der Waals surface area contributed by atoms with Gasteiger partial charge < -0.3 is 10.1 Å². The number of hydrogen-bond donors (Lipinski definition) is 1. The highest BCUT2D eigenvalue weighted by Gasteiger charge is 2.07. The van der Waals surface area contributed by atoms with Crippen LogP contribution in [0.5, 0.6) is 0 Å². The van der Waals surface area contributed by atoms with Crippen LogP contribution in [0.3, 0.4) is 0 Å². The summed E-state index contributed by atoms with van der Waals surface area (Å²) in [5.41, 5.74) is 1.14. The summed E-state index contributed by atoms with van der Waals surface area (Å²) >= 11 is 5.78. The summed E-state index contributed by atoms with van der Waals surface area (Å²) in [4.78, 5) is 11.0. The van der Waals surface area contributed by atoms with Crippen LogP contribution in [-0.2, 0) is 16.1 Å². The number of nitrogens with one attached hydrogen (secondary N) is 1. The van der Waals surface area contributed by atoms with Gasteiger partial charge in [0.25, 0.3) is 0 Å². The number of benzene rings is 1. The van der Waals surface area contributed by atoms with Crippen molar-refractivity contribution >= 4 is 17.6 Å². The first-order valence-corrected chi connectivity index (χ1v) is 5.54. The molecule has 0 aliphatic rings. The van der Waals surface area contributed by atoms with Gasteiger partial charge in [0.15, 0.2) is 0 Å². The Morgan fingerprint density at radius 2 is 2.06 bits per heavy atom. The van der Waals surface area contributed by atoms with Crippen LogP contribution < -0.4 is 5.32 Å². The standard InChI is InChI=1S/C12H16ClNO2/c1-9(7-12(15)16-2)14-8-10-3-5-11(13)6-4-10/h3-6,9,14H,7-8H2,1-2H3/t9-/m0/s1. The lowest BCUT2D eigenvalue weighted by molar-refractivity contribution is -0.141. The van der Waals surface area contributed by atoms with Crippen molar-refractivity contribution in [2.45, 2.75) is 25.9 Å². The van der Waals surface area contributed by atoms with E-state index in [-0.39, 0.29) is 12.0 Å². The Labute approximate surface area is 101 Å². The average molecular weight is 242 g/mol. The molecule has 0 spiro atoms. The fraction of sp³-hybridized carbons (Fsp3) is 0.417. The van der Waals surface area contributed by atoms with E-state index in [4.69, 9.17) is 11.6 Å². The van der Waals surface area contributed by atoms with Crippen LogP contribution in [0.1, 0.15) is 18.9 Å². The predicted octanol–water partition coefficient (Wildman–Crippen LogP) is 2.38. The monoisotopic (exact) mass is 241 g/mol. The van der Waals surface area contributed by atoms with E-state index < -0.39 is 0 Å². The van der Waals surface area contributed by atoms with Crippen LogP contribution in [0.25, 0.3) is 0 Å². The molecule has 1 rings (SSSR count). The lowest BCUT2D eigenvalue weighted by Gasteiger charge is -2.12. The van der Waals surface area contributed by atoms with Crippen molar-refractivity contribution in [1.29, 1.82) is 0 Å². The van der Waals surface area contributed by atoms with Crippen molar-refractivity contribution in [3.05, 3.63) is 34.9 Å². The van der Waals surface area contributed by atoms with Gasteiger partial charge in [0.1, 0.15) is 0 Å². The molecule has 0 aliphatic heterocycles. The van der Waals surface area contributed by atoms with E-state index in [9.17, 15) is 4.79 Å². The van der Waals surface area contributed by atoms with E-state index in [1.54, 1.807) is 0 Å². The van der Waals surface area contributed by atoms with Crippen LogP contribution >= 0.6 is 11.6 Å². The zero-order chi connectivity index (χ0) is 12.0. The number of methoxy groups -OCH3 is 1. The number of hydrogen-bond acceptors (Lipinski definition) is 3. The zero-order valence-electron chi connectivity index (χ0n) is 9.50. The second-order valence-corrected chi connectivity index (χ2v) is 4.13. The Bertz CT molecular complexity index is 337. The van der Waals surface area contributed by atoms with E-state index >= 15 is 0 Å². The molecule has 0 saturated carbocycles. The van der Waals surface area contributed by atoms with Gasteiger partial charge in [-0.25, -0.2) is 0 Å². The summed E-state index contributed by atoms with van der Waals surface area (Å²) in [5, 5.41) is 3.97. The number of esters is 1. The number of carbonyl (C=O) groups excluding carboxylic acids is 1. The van der Waals surface area contributed by atoms with Gasteiger partial charge in [-0.2, -0.15) is 0 Å². The van der Waals surface area contributed by atoms with Crippen molar-refractivity contribution < 1.29 is 9.53 Å². The molecule has 3 nitrogen and oxygen atoms in total. The molecule has 0 heterocycles. The largest absolute Gasteiger partial charge is 0.469 e. The fourth-order valence-electron chi connectivity index (χ4n) is 1.30. The molecule has 0 fully saturated rings. The van der Waals surface area contributed by atoms with Crippen LogP contribution in [0, 0.1) is 0 Å². The maximum atomic E-state index is 11.0. The quantitative estimate of drug-likeness (QED) is 0.805. The normalized spacial score (nSPS) is 12.2. The Hall–Kier alpha value is -1.06. The van der Waals surface area contributed by atoms with E-state index in [0.717, 1.165) is 17.1 Å². The average Bonchev–Trinajstić information content (AvgIpc) is 2.28. The molecule has 16 heavy (non-hydrogen) atoms. The molecular formula is C12H16ClNO2. The van der Waals surface area contributed by atoms with Gasteiger partial charge in [0.2, 0.25) is 0 Å². The Kier molecular flexibility index (Phi) is 5.29. The predicted molar refractivity (Wildman–Crippen MR) is 64.4 cm³/mol. The third-order valence-electron chi connectivity index (χ3n) is 2.27. The van der Waals surface area contributed by atoms with E-state index in [1.165, 1.54) is 7.11 Å². The molecule has 0 unspecified atom stereocenters. The molecule has 0 aromatic heterocycles. The second kappa shape index (κ2) is 6.51. The van der Waals surface area contributed by atoms with Gasteiger partial charge in [-0.1, -0.05) is 23.7 Å². The minimum atomic E-state index is -0.198. The van der Waals surface area contributed by atoms with Gasteiger partial charge in [-0.05, 0) is 24.6 Å². The Morgan fingerprint density at radius 1 is 1.44 bits per heavy atom. The summed E-state index contributed by atoms with van der Waals surface area (Å²) in [6.07, 6.45) is 0.379. The first-order valence-electron chi connectivity index (χ1n) is 5.16. The van der Waals surface area contributed by atoms with Crippen molar-refractivity contribution in [3.8, 4) is 0 Å². The van der Waals surface area contributed by atoms with Gasteiger partial charge >= 0.3 is 5.97 Å². The lowest BCUT2D eigenvalue weighted by Crippen LogP contribution is -2.28. The highest BCUT2D eigenvalue weighted by atomic mass is 35.5. The molecule has 1 atom stereocenters. The molecule has 1 aromatic carbocycles. The molecule has 0 bridgehead atoms. The van der Waals surface area contributed by atoms with Gasteiger partial charge in [0, 0.05) is 17.6 Å². The van der Waals surface area contributed by atoms with Crippen LogP contribution in [0.2, 0.25) is 5.02 Å². The van der Waals surface area contributed by atoms with Crippen molar-refractivity contribution in [1.82, 2.24) is 5.32 Å². The maximum Gasteiger partial charge on any atom is 0.307 e. The lowest BCUT2D eigenvalue weighted by atomic mass is 10.2. The topological polar surface area (TPSA) is 38.3 Å². The smallest absolute Gasteiger partial charge is 0.307 e. The molecule has 4 heteroatoms. The number of ether oxygens (including phenoxy) is 1.